The molecule has 0 amide bonds. The van der Waals surface area contributed by atoms with Crippen molar-refractivity contribution >= 4 is 28.9 Å². The molecule has 1 fully saturated rings. The molecule has 1 aliphatic rings. The normalized spacial score (nSPS) is 13.6. The molecule has 1 saturated carbocycles. The zero-order valence-corrected chi connectivity index (χ0v) is 23.0. The van der Waals surface area contributed by atoms with Crippen LogP contribution in [0, 0.1) is 6.92 Å². The number of aryl methyl sites for hydroxylation is 1. The number of pyridine rings is 1. The van der Waals surface area contributed by atoms with Crippen LogP contribution in [-0.4, -0.2) is 22.7 Å². The average Bonchev–Trinajstić information content (AvgIpc) is 3.72. The van der Waals surface area contributed by atoms with Crippen molar-refractivity contribution in [2.45, 2.75) is 32.1 Å². The van der Waals surface area contributed by atoms with E-state index in [1.54, 1.807) is 6.20 Å². The molecule has 2 aromatic heterocycles. The third-order valence-corrected chi connectivity index (χ3v) is 7.71. The lowest BCUT2D eigenvalue weighted by Gasteiger charge is -2.14. The second-order valence-corrected chi connectivity index (χ2v) is 10.4. The maximum atomic E-state index is 12.4. The molecule has 2 heterocycles. The summed E-state index contributed by atoms with van der Waals surface area (Å²) in [4.78, 5) is 16.9. The third-order valence-electron chi connectivity index (χ3n) is 7.38. The van der Waals surface area contributed by atoms with Crippen molar-refractivity contribution in [3.8, 4) is 33.7 Å². The molecule has 1 aliphatic carbocycles. The Bertz CT molecular complexity index is 1670. The van der Waals surface area contributed by atoms with Gasteiger partial charge in [-0.05, 0) is 61.6 Å². The van der Waals surface area contributed by atoms with Gasteiger partial charge in [0.25, 0.3) is 0 Å². The second-order valence-electron chi connectivity index (χ2n) is 9.96. The van der Waals surface area contributed by atoms with Crippen molar-refractivity contribution in [3.63, 3.8) is 0 Å². The van der Waals surface area contributed by atoms with Crippen molar-refractivity contribution < 1.29 is 14.1 Å². The Labute approximate surface area is 238 Å². The van der Waals surface area contributed by atoms with Crippen LogP contribution in [0.4, 0.5) is 11.4 Å². The molecular weight excluding hydrogens is 522 g/mol. The zero-order chi connectivity index (χ0) is 27.7. The van der Waals surface area contributed by atoms with E-state index in [9.17, 15) is 4.79 Å². The summed E-state index contributed by atoms with van der Waals surface area (Å²) in [5, 5.41) is 8.33. The Balaban J connectivity index is 1.22. The van der Waals surface area contributed by atoms with Gasteiger partial charge in [0.1, 0.15) is 11.4 Å². The number of esters is 1. The van der Waals surface area contributed by atoms with Crippen molar-refractivity contribution in [1.29, 1.82) is 0 Å². The first-order chi connectivity index (χ1) is 19.5. The van der Waals surface area contributed by atoms with Gasteiger partial charge in [0.2, 0.25) is 0 Å². The standard InChI is InChI=1S/C33H28ClN3O3/c1-3-39-32(38)33(17-18-33)25-14-12-23(13-15-25)22-8-10-24(11-9-22)31-30(21(2)37-40-31)36-26-16-19-35-29(20-26)27-6-4-5-7-28(27)34/h4-16,19-20H,3,17-18H2,1-2H3,(H,35,36). The number of anilines is 2. The van der Waals surface area contributed by atoms with Gasteiger partial charge in [0.15, 0.2) is 5.76 Å². The second kappa shape index (κ2) is 10.6. The number of carbonyl (C=O) groups is 1. The topological polar surface area (TPSA) is 77.2 Å². The molecule has 0 saturated heterocycles. The number of hydrogen-bond acceptors (Lipinski definition) is 6. The van der Waals surface area contributed by atoms with Gasteiger partial charge in [0.05, 0.1) is 17.7 Å². The fraction of sp³-hybridized carbons (Fsp3) is 0.182. The van der Waals surface area contributed by atoms with Gasteiger partial charge in [-0.15, -0.1) is 0 Å². The predicted molar refractivity (Wildman–Crippen MR) is 158 cm³/mol. The summed E-state index contributed by atoms with van der Waals surface area (Å²) < 4.78 is 11.0. The monoisotopic (exact) mass is 549 g/mol. The lowest BCUT2D eigenvalue weighted by molar-refractivity contribution is -0.146. The summed E-state index contributed by atoms with van der Waals surface area (Å²) in [6.45, 7) is 4.15. The first-order valence-electron chi connectivity index (χ1n) is 13.3. The van der Waals surface area contributed by atoms with Crippen LogP contribution in [0.5, 0.6) is 0 Å². The molecular formula is C33H28ClN3O3. The molecule has 1 N–H and O–H groups in total. The van der Waals surface area contributed by atoms with E-state index in [1.165, 1.54) is 0 Å². The largest absolute Gasteiger partial charge is 0.465 e. The van der Waals surface area contributed by atoms with Crippen molar-refractivity contribution in [3.05, 3.63) is 107 Å². The van der Waals surface area contributed by atoms with E-state index in [-0.39, 0.29) is 5.97 Å². The first kappa shape index (κ1) is 25.8. The van der Waals surface area contributed by atoms with Crippen LogP contribution >= 0.6 is 11.6 Å². The fourth-order valence-electron chi connectivity index (χ4n) is 4.98. The SMILES string of the molecule is CCOC(=O)C1(c2ccc(-c3ccc(-c4onc(C)c4Nc4ccnc(-c5ccccc5Cl)c4)cc3)cc2)CC1. The number of halogens is 1. The fourth-order valence-corrected chi connectivity index (χ4v) is 5.22. The van der Waals surface area contributed by atoms with E-state index in [2.05, 4.69) is 39.7 Å². The number of hydrogen-bond donors (Lipinski definition) is 1. The number of nitrogens with one attached hydrogen (secondary N) is 1. The number of aromatic nitrogens is 2. The van der Waals surface area contributed by atoms with E-state index in [0.717, 1.165) is 63.4 Å². The lowest BCUT2D eigenvalue weighted by Crippen LogP contribution is -2.23. The minimum atomic E-state index is -0.463. The highest BCUT2D eigenvalue weighted by Gasteiger charge is 2.52. The molecule has 5 aromatic rings. The highest BCUT2D eigenvalue weighted by atomic mass is 35.5. The minimum absolute atomic E-state index is 0.120. The van der Waals surface area contributed by atoms with Gasteiger partial charge in [-0.2, -0.15) is 0 Å². The van der Waals surface area contributed by atoms with E-state index in [0.29, 0.717) is 17.4 Å². The Morgan fingerprint density at radius 1 is 0.975 bits per heavy atom. The predicted octanol–water partition coefficient (Wildman–Crippen LogP) is 8.37. The van der Waals surface area contributed by atoms with Crippen molar-refractivity contribution in [1.82, 2.24) is 10.1 Å². The van der Waals surface area contributed by atoms with Crippen LogP contribution in [0.3, 0.4) is 0 Å². The van der Waals surface area contributed by atoms with Crippen LogP contribution in [0.15, 0.2) is 95.6 Å². The van der Waals surface area contributed by atoms with Gasteiger partial charge in [0, 0.05) is 28.0 Å². The van der Waals surface area contributed by atoms with Gasteiger partial charge in [-0.3, -0.25) is 9.78 Å². The molecule has 6 nitrogen and oxygen atoms in total. The average molecular weight is 550 g/mol. The number of benzene rings is 3. The molecule has 0 spiro atoms. The molecule has 0 bridgehead atoms. The van der Waals surface area contributed by atoms with Crippen LogP contribution in [-0.2, 0) is 14.9 Å². The van der Waals surface area contributed by atoms with Crippen LogP contribution in [0.25, 0.3) is 33.7 Å². The summed E-state index contributed by atoms with van der Waals surface area (Å²) in [6, 6.07) is 27.9. The highest BCUT2D eigenvalue weighted by molar-refractivity contribution is 6.33. The maximum Gasteiger partial charge on any atom is 0.316 e. The van der Waals surface area contributed by atoms with E-state index in [4.69, 9.17) is 20.9 Å². The summed E-state index contributed by atoms with van der Waals surface area (Å²) in [7, 11) is 0. The van der Waals surface area contributed by atoms with Gasteiger partial charge in [-0.1, -0.05) is 83.5 Å². The Morgan fingerprint density at radius 2 is 1.65 bits per heavy atom. The smallest absolute Gasteiger partial charge is 0.316 e. The summed E-state index contributed by atoms with van der Waals surface area (Å²) >= 11 is 6.39. The van der Waals surface area contributed by atoms with Crippen molar-refractivity contribution in [2.75, 3.05) is 11.9 Å². The Morgan fingerprint density at radius 3 is 2.33 bits per heavy atom. The molecule has 0 atom stereocenters. The summed E-state index contributed by atoms with van der Waals surface area (Å²) in [5.74, 6) is 0.534. The molecule has 40 heavy (non-hydrogen) atoms. The van der Waals surface area contributed by atoms with E-state index < -0.39 is 5.41 Å². The van der Waals surface area contributed by atoms with Gasteiger partial charge in [-0.25, -0.2) is 0 Å². The summed E-state index contributed by atoms with van der Waals surface area (Å²) in [6.07, 6.45) is 3.43. The Hall–Kier alpha value is -4.42. The number of ether oxygens (including phenoxy) is 1. The molecule has 200 valence electrons. The quantitative estimate of drug-likeness (QED) is 0.196. The number of nitrogens with zero attached hydrogens (tertiary/aromatic N) is 2. The molecule has 7 heteroatoms. The molecule has 0 aliphatic heterocycles. The van der Waals surface area contributed by atoms with Gasteiger partial charge >= 0.3 is 5.97 Å². The first-order valence-corrected chi connectivity index (χ1v) is 13.7. The van der Waals surface area contributed by atoms with E-state index in [1.807, 2.05) is 74.5 Å². The highest BCUT2D eigenvalue weighted by Crippen LogP contribution is 2.49. The third kappa shape index (κ3) is 4.87. The van der Waals surface area contributed by atoms with Crippen LogP contribution in [0.1, 0.15) is 31.0 Å². The number of carbonyl (C=O) groups excluding carboxylic acids is 1. The lowest BCUT2D eigenvalue weighted by atomic mass is 9.93. The molecule has 0 radical (unpaired) electrons. The molecule has 0 unspecified atom stereocenters. The minimum Gasteiger partial charge on any atom is -0.465 e. The summed E-state index contributed by atoms with van der Waals surface area (Å²) in [5.41, 5.74) is 7.65. The Kier molecular flexibility index (Phi) is 6.86. The zero-order valence-electron chi connectivity index (χ0n) is 22.3. The van der Waals surface area contributed by atoms with Crippen molar-refractivity contribution in [2.24, 2.45) is 0 Å². The van der Waals surface area contributed by atoms with E-state index >= 15 is 0 Å². The molecule has 3 aromatic carbocycles. The maximum absolute atomic E-state index is 12.4. The number of rotatable bonds is 8. The molecule has 6 rings (SSSR count). The van der Waals surface area contributed by atoms with Gasteiger partial charge < -0.3 is 14.6 Å². The van der Waals surface area contributed by atoms with Crippen LogP contribution in [0.2, 0.25) is 5.02 Å². The van der Waals surface area contributed by atoms with Crippen LogP contribution < -0.4 is 5.32 Å².